The van der Waals surface area contributed by atoms with E-state index < -0.39 is 5.41 Å². The van der Waals surface area contributed by atoms with Gasteiger partial charge in [0.25, 0.3) is 0 Å². The average Bonchev–Trinajstić information content (AvgIpc) is 2.36. The van der Waals surface area contributed by atoms with Crippen molar-refractivity contribution in [3.8, 4) is 0 Å². The molecular weight excluding hydrogens is 242 g/mol. The van der Waals surface area contributed by atoms with Crippen molar-refractivity contribution in [1.82, 2.24) is 10.6 Å². The molecule has 1 saturated carbocycles. The van der Waals surface area contributed by atoms with Crippen LogP contribution >= 0.6 is 0 Å². The van der Waals surface area contributed by atoms with Crippen molar-refractivity contribution in [2.24, 2.45) is 11.1 Å². The second-order valence-corrected chi connectivity index (χ2v) is 6.34. The van der Waals surface area contributed by atoms with Gasteiger partial charge in [0.15, 0.2) is 0 Å². The molecular formula is C14H27N3O2. The van der Waals surface area contributed by atoms with Crippen LogP contribution in [0.2, 0.25) is 0 Å². The van der Waals surface area contributed by atoms with Gasteiger partial charge in [0.1, 0.15) is 0 Å². The van der Waals surface area contributed by atoms with Gasteiger partial charge in [0, 0.05) is 25.6 Å². The van der Waals surface area contributed by atoms with Crippen LogP contribution in [0.25, 0.3) is 0 Å². The van der Waals surface area contributed by atoms with E-state index in [2.05, 4.69) is 10.6 Å². The molecule has 19 heavy (non-hydrogen) atoms. The molecule has 5 heteroatoms. The standard InChI is InChI=1S/C14H27N3O2/c1-13(2,12(19)16-3)10-17-11(18)9-14(15)7-5-4-6-8-14/h4-10,15H2,1-3H3,(H,16,19)(H,17,18). The van der Waals surface area contributed by atoms with E-state index in [1.54, 1.807) is 7.05 Å². The molecule has 0 heterocycles. The molecule has 2 amide bonds. The molecule has 0 aliphatic heterocycles. The summed E-state index contributed by atoms with van der Waals surface area (Å²) in [5.74, 6) is -0.130. The molecule has 1 aliphatic rings. The highest BCUT2D eigenvalue weighted by molar-refractivity contribution is 5.83. The van der Waals surface area contributed by atoms with Gasteiger partial charge in [-0.25, -0.2) is 0 Å². The van der Waals surface area contributed by atoms with Crippen molar-refractivity contribution in [2.75, 3.05) is 13.6 Å². The molecule has 110 valence electrons. The highest BCUT2D eigenvalue weighted by Crippen LogP contribution is 2.28. The lowest BCUT2D eigenvalue weighted by Gasteiger charge is -2.33. The first-order valence-electron chi connectivity index (χ1n) is 7.07. The van der Waals surface area contributed by atoms with Crippen LogP contribution in [0.3, 0.4) is 0 Å². The van der Waals surface area contributed by atoms with E-state index in [0.29, 0.717) is 13.0 Å². The number of carbonyl (C=O) groups excluding carboxylic acids is 2. The Kier molecular flexibility index (Phi) is 5.35. The van der Waals surface area contributed by atoms with Crippen LogP contribution in [0.4, 0.5) is 0 Å². The van der Waals surface area contributed by atoms with Crippen molar-refractivity contribution in [3.63, 3.8) is 0 Å². The number of nitrogens with two attached hydrogens (primary N) is 1. The summed E-state index contributed by atoms with van der Waals surface area (Å²) in [5, 5.41) is 5.43. The molecule has 1 rings (SSSR count). The van der Waals surface area contributed by atoms with Gasteiger partial charge in [-0.1, -0.05) is 19.3 Å². The van der Waals surface area contributed by atoms with Gasteiger partial charge >= 0.3 is 0 Å². The van der Waals surface area contributed by atoms with Crippen LogP contribution in [-0.4, -0.2) is 30.9 Å². The molecule has 0 radical (unpaired) electrons. The third kappa shape index (κ3) is 4.82. The Bertz CT molecular complexity index is 334. The summed E-state index contributed by atoms with van der Waals surface area (Å²) < 4.78 is 0. The minimum absolute atomic E-state index is 0.0543. The molecule has 1 aliphatic carbocycles. The van der Waals surface area contributed by atoms with Crippen molar-refractivity contribution in [3.05, 3.63) is 0 Å². The third-order valence-corrected chi connectivity index (χ3v) is 3.93. The van der Waals surface area contributed by atoms with Crippen LogP contribution in [0, 0.1) is 5.41 Å². The molecule has 5 nitrogen and oxygen atoms in total. The molecule has 0 aromatic rings. The molecule has 1 fully saturated rings. The predicted molar refractivity (Wildman–Crippen MR) is 75.5 cm³/mol. The summed E-state index contributed by atoms with van der Waals surface area (Å²) in [5.41, 5.74) is 5.30. The first-order chi connectivity index (χ1) is 8.79. The molecule has 0 atom stereocenters. The number of amides is 2. The van der Waals surface area contributed by atoms with E-state index in [1.807, 2.05) is 13.8 Å². The molecule has 0 saturated heterocycles. The van der Waals surface area contributed by atoms with Crippen LogP contribution in [-0.2, 0) is 9.59 Å². The highest BCUT2D eigenvalue weighted by Gasteiger charge is 2.31. The number of hydrogen-bond acceptors (Lipinski definition) is 3. The van der Waals surface area contributed by atoms with Crippen LogP contribution in [0.5, 0.6) is 0 Å². The minimum Gasteiger partial charge on any atom is -0.359 e. The van der Waals surface area contributed by atoms with Gasteiger partial charge in [-0.05, 0) is 26.7 Å². The number of hydrogen-bond donors (Lipinski definition) is 3. The zero-order valence-electron chi connectivity index (χ0n) is 12.3. The monoisotopic (exact) mass is 269 g/mol. The summed E-state index contributed by atoms with van der Waals surface area (Å²) in [4.78, 5) is 23.6. The smallest absolute Gasteiger partial charge is 0.227 e. The summed E-state index contributed by atoms with van der Waals surface area (Å²) >= 11 is 0. The van der Waals surface area contributed by atoms with Gasteiger partial charge in [0.2, 0.25) is 11.8 Å². The van der Waals surface area contributed by atoms with E-state index in [1.165, 1.54) is 6.42 Å². The first kappa shape index (κ1) is 16.0. The average molecular weight is 269 g/mol. The Hall–Kier alpha value is -1.10. The fourth-order valence-electron chi connectivity index (χ4n) is 2.55. The quantitative estimate of drug-likeness (QED) is 0.694. The second kappa shape index (κ2) is 6.37. The van der Waals surface area contributed by atoms with Crippen molar-refractivity contribution < 1.29 is 9.59 Å². The summed E-state index contributed by atoms with van der Waals surface area (Å²) in [6, 6.07) is 0. The lowest BCUT2D eigenvalue weighted by atomic mass is 9.80. The predicted octanol–water partition coefficient (Wildman–Crippen LogP) is 0.927. The Balaban J connectivity index is 2.41. The van der Waals surface area contributed by atoms with Crippen molar-refractivity contribution in [2.45, 2.75) is 57.9 Å². The third-order valence-electron chi connectivity index (χ3n) is 3.93. The zero-order chi connectivity index (χ0) is 14.5. The van der Waals surface area contributed by atoms with Gasteiger partial charge < -0.3 is 16.4 Å². The maximum absolute atomic E-state index is 12.0. The highest BCUT2D eigenvalue weighted by atomic mass is 16.2. The topological polar surface area (TPSA) is 84.2 Å². The van der Waals surface area contributed by atoms with E-state index in [9.17, 15) is 9.59 Å². The molecule has 0 aromatic carbocycles. The van der Waals surface area contributed by atoms with Crippen molar-refractivity contribution in [1.29, 1.82) is 0 Å². The van der Waals surface area contributed by atoms with E-state index in [-0.39, 0.29) is 17.4 Å². The number of nitrogens with one attached hydrogen (secondary N) is 2. The Morgan fingerprint density at radius 1 is 1.21 bits per heavy atom. The van der Waals surface area contributed by atoms with E-state index in [0.717, 1.165) is 25.7 Å². The largest absolute Gasteiger partial charge is 0.359 e. The number of carbonyl (C=O) groups is 2. The molecule has 0 bridgehead atoms. The SMILES string of the molecule is CNC(=O)C(C)(C)CNC(=O)CC1(N)CCCCC1. The summed E-state index contributed by atoms with van der Waals surface area (Å²) in [7, 11) is 1.60. The van der Waals surface area contributed by atoms with Gasteiger partial charge in [-0.15, -0.1) is 0 Å². The fourth-order valence-corrected chi connectivity index (χ4v) is 2.55. The summed E-state index contributed by atoms with van der Waals surface area (Å²) in [6.07, 6.45) is 5.61. The maximum atomic E-state index is 12.0. The van der Waals surface area contributed by atoms with Gasteiger partial charge in [0.05, 0.1) is 5.41 Å². The zero-order valence-corrected chi connectivity index (χ0v) is 12.3. The molecule has 4 N–H and O–H groups in total. The molecule has 0 unspecified atom stereocenters. The number of rotatable bonds is 5. The Morgan fingerprint density at radius 3 is 2.32 bits per heavy atom. The van der Waals surface area contributed by atoms with Crippen LogP contribution in [0.15, 0.2) is 0 Å². The normalized spacial score (nSPS) is 18.7. The Morgan fingerprint density at radius 2 is 1.79 bits per heavy atom. The fraction of sp³-hybridized carbons (Fsp3) is 0.857. The van der Waals surface area contributed by atoms with E-state index >= 15 is 0 Å². The molecule has 0 aromatic heterocycles. The minimum atomic E-state index is -0.598. The lowest BCUT2D eigenvalue weighted by molar-refractivity contribution is -0.129. The maximum Gasteiger partial charge on any atom is 0.227 e. The van der Waals surface area contributed by atoms with Crippen LogP contribution < -0.4 is 16.4 Å². The molecule has 0 spiro atoms. The van der Waals surface area contributed by atoms with Gasteiger partial charge in [-0.2, -0.15) is 0 Å². The van der Waals surface area contributed by atoms with E-state index in [4.69, 9.17) is 5.73 Å². The first-order valence-corrected chi connectivity index (χ1v) is 7.07. The second-order valence-electron chi connectivity index (χ2n) is 6.34. The summed E-state index contributed by atoms with van der Waals surface area (Å²) in [6.45, 7) is 3.96. The van der Waals surface area contributed by atoms with Crippen molar-refractivity contribution >= 4 is 11.8 Å². The van der Waals surface area contributed by atoms with Gasteiger partial charge in [-0.3, -0.25) is 9.59 Å². The van der Waals surface area contributed by atoms with Crippen LogP contribution in [0.1, 0.15) is 52.4 Å². The Labute approximate surface area is 115 Å². The lowest BCUT2D eigenvalue weighted by Crippen LogP contribution is -2.48.